The van der Waals surface area contributed by atoms with E-state index >= 15 is 0 Å². The molecule has 94 valence electrons. The number of hydrogen-bond acceptors (Lipinski definition) is 6. The zero-order valence-corrected chi connectivity index (χ0v) is 9.90. The lowest BCUT2D eigenvalue weighted by Crippen LogP contribution is -2.01. The van der Waals surface area contributed by atoms with Crippen LogP contribution < -0.4 is 5.32 Å². The molecule has 2 N–H and O–H groups in total. The number of aliphatic carboxylic acids is 1. The third-order valence-corrected chi connectivity index (χ3v) is 2.92. The molecule has 0 aliphatic heterocycles. The summed E-state index contributed by atoms with van der Waals surface area (Å²) in [5.74, 6) is -0.784. The van der Waals surface area contributed by atoms with Gasteiger partial charge in [0.2, 0.25) is 0 Å². The highest BCUT2D eigenvalue weighted by Gasteiger charge is 2.10. The van der Waals surface area contributed by atoms with Crippen molar-refractivity contribution >= 4 is 27.4 Å². The maximum Gasteiger partial charge on any atom is 0.345 e. The number of carboxylic acids is 1. The number of rotatable bonds is 8. The molecule has 0 saturated carbocycles. The van der Waals surface area contributed by atoms with Crippen LogP contribution >= 0.6 is 11.3 Å². The second-order valence-corrected chi connectivity index (χ2v) is 4.40. The van der Waals surface area contributed by atoms with Crippen LogP contribution in [0.2, 0.25) is 0 Å². The summed E-state index contributed by atoms with van der Waals surface area (Å²) in [6, 6.07) is 0. The first-order chi connectivity index (χ1) is 8.09. The summed E-state index contributed by atoms with van der Waals surface area (Å²) in [6.07, 6.45) is 3.68. The molecule has 0 spiro atoms. The van der Waals surface area contributed by atoms with Crippen molar-refractivity contribution in [3.05, 3.63) is 16.3 Å². The molecule has 1 heterocycles. The van der Waals surface area contributed by atoms with Gasteiger partial charge >= 0.3 is 11.0 Å². The molecule has 0 atom stereocenters. The van der Waals surface area contributed by atoms with E-state index in [1.54, 1.807) is 0 Å². The minimum atomic E-state index is -0.784. The molecule has 0 aliphatic carbocycles. The molecule has 8 heteroatoms. The highest BCUT2D eigenvalue weighted by atomic mass is 32.1. The summed E-state index contributed by atoms with van der Waals surface area (Å²) in [5, 5.41) is 22.3. The Bertz CT molecular complexity index is 393. The van der Waals surface area contributed by atoms with Gasteiger partial charge in [-0.2, -0.15) is 0 Å². The first kappa shape index (κ1) is 13.4. The number of thiazole rings is 1. The molecule has 0 aromatic carbocycles. The van der Waals surface area contributed by atoms with Crippen LogP contribution in [-0.4, -0.2) is 27.5 Å². The number of nitrogens with zero attached hydrogens (tertiary/aromatic N) is 2. The first-order valence-electron chi connectivity index (χ1n) is 5.15. The largest absolute Gasteiger partial charge is 0.481 e. The molecule has 0 bridgehead atoms. The molecular formula is C9H13N3O4S. The summed E-state index contributed by atoms with van der Waals surface area (Å²) < 4.78 is 0. The monoisotopic (exact) mass is 259 g/mol. The molecule has 1 aromatic rings. The minimum Gasteiger partial charge on any atom is -0.481 e. The molecule has 0 saturated heterocycles. The Morgan fingerprint density at radius 3 is 2.88 bits per heavy atom. The number of carboxylic acid groups (broad SMARTS) is 1. The molecule has 17 heavy (non-hydrogen) atoms. The van der Waals surface area contributed by atoms with Gasteiger partial charge in [-0.25, -0.2) is 4.98 Å². The van der Waals surface area contributed by atoms with Crippen LogP contribution in [0.3, 0.4) is 0 Å². The maximum atomic E-state index is 10.4. The van der Waals surface area contributed by atoms with E-state index in [4.69, 9.17) is 5.11 Å². The Morgan fingerprint density at radius 1 is 1.53 bits per heavy atom. The van der Waals surface area contributed by atoms with Gasteiger partial charge in [-0.1, -0.05) is 6.42 Å². The lowest BCUT2D eigenvalue weighted by atomic mass is 10.2. The van der Waals surface area contributed by atoms with Crippen molar-refractivity contribution in [3.63, 3.8) is 0 Å². The molecule has 0 amide bonds. The van der Waals surface area contributed by atoms with Crippen molar-refractivity contribution in [2.75, 3.05) is 11.9 Å². The third-order valence-electron chi connectivity index (χ3n) is 2.02. The second kappa shape index (κ2) is 6.79. The fraction of sp³-hybridized carbons (Fsp3) is 0.556. The number of unbranched alkanes of at least 4 members (excludes halogenated alkanes) is 2. The van der Waals surface area contributed by atoms with Crippen molar-refractivity contribution in [1.29, 1.82) is 0 Å². The van der Waals surface area contributed by atoms with Gasteiger partial charge < -0.3 is 10.4 Å². The molecule has 0 fully saturated rings. The number of anilines is 1. The summed E-state index contributed by atoms with van der Waals surface area (Å²) in [7, 11) is 0. The molecule has 1 rings (SSSR count). The average Bonchev–Trinajstić information content (AvgIpc) is 2.71. The molecule has 0 aliphatic rings. The predicted octanol–water partition coefficient (Wildman–Crippen LogP) is 2.11. The van der Waals surface area contributed by atoms with Gasteiger partial charge in [0.1, 0.15) is 6.20 Å². The summed E-state index contributed by atoms with van der Waals surface area (Å²) in [5.41, 5.74) is 0. The predicted molar refractivity (Wildman–Crippen MR) is 63.4 cm³/mol. The van der Waals surface area contributed by atoms with Crippen LogP contribution in [0, 0.1) is 10.1 Å². The highest BCUT2D eigenvalue weighted by Crippen LogP contribution is 2.24. The van der Waals surface area contributed by atoms with Crippen LogP contribution in [0.1, 0.15) is 25.7 Å². The van der Waals surface area contributed by atoms with Gasteiger partial charge in [0.05, 0.1) is 4.92 Å². The van der Waals surface area contributed by atoms with Crippen molar-refractivity contribution in [2.24, 2.45) is 0 Å². The maximum absolute atomic E-state index is 10.4. The normalized spacial score (nSPS) is 10.1. The Balaban J connectivity index is 2.13. The van der Waals surface area contributed by atoms with Gasteiger partial charge in [-0.3, -0.25) is 14.9 Å². The van der Waals surface area contributed by atoms with Crippen molar-refractivity contribution in [2.45, 2.75) is 25.7 Å². The summed E-state index contributed by atoms with van der Waals surface area (Å²) in [6.45, 7) is 0.643. The number of nitrogens with one attached hydrogen (secondary N) is 1. The Kier molecular flexibility index (Phi) is 5.34. The molecule has 0 unspecified atom stereocenters. The van der Waals surface area contributed by atoms with Gasteiger partial charge in [0, 0.05) is 13.0 Å². The third kappa shape index (κ3) is 5.25. The lowest BCUT2D eigenvalue weighted by Gasteiger charge is -2.00. The van der Waals surface area contributed by atoms with Crippen molar-refractivity contribution < 1.29 is 14.8 Å². The zero-order chi connectivity index (χ0) is 12.7. The summed E-state index contributed by atoms with van der Waals surface area (Å²) >= 11 is 0.994. The van der Waals surface area contributed by atoms with E-state index in [9.17, 15) is 14.9 Å². The number of carbonyl (C=O) groups is 1. The van der Waals surface area contributed by atoms with E-state index < -0.39 is 10.9 Å². The van der Waals surface area contributed by atoms with Crippen molar-refractivity contribution in [3.8, 4) is 0 Å². The molecular weight excluding hydrogens is 246 g/mol. The SMILES string of the molecule is O=C(O)CCCCCNc1ncc([N+](=O)[O-])s1. The van der Waals surface area contributed by atoms with E-state index in [2.05, 4.69) is 10.3 Å². The van der Waals surface area contributed by atoms with Crippen LogP contribution in [0.4, 0.5) is 10.1 Å². The van der Waals surface area contributed by atoms with Crippen molar-refractivity contribution in [1.82, 2.24) is 4.98 Å². The molecule has 1 aromatic heterocycles. The first-order valence-corrected chi connectivity index (χ1v) is 5.97. The average molecular weight is 259 g/mol. The smallest absolute Gasteiger partial charge is 0.345 e. The lowest BCUT2D eigenvalue weighted by molar-refractivity contribution is -0.380. The Morgan fingerprint density at radius 2 is 2.29 bits per heavy atom. The number of aromatic nitrogens is 1. The van der Waals surface area contributed by atoms with E-state index in [0.717, 1.165) is 24.2 Å². The van der Waals surface area contributed by atoms with Crippen LogP contribution in [0.25, 0.3) is 0 Å². The molecule has 7 nitrogen and oxygen atoms in total. The van der Waals surface area contributed by atoms with Gasteiger partial charge in [0.15, 0.2) is 5.13 Å². The fourth-order valence-corrected chi connectivity index (χ4v) is 1.86. The van der Waals surface area contributed by atoms with Gasteiger partial charge in [-0.15, -0.1) is 0 Å². The van der Waals surface area contributed by atoms with Crippen LogP contribution in [-0.2, 0) is 4.79 Å². The number of nitro groups is 1. The summed E-state index contributed by atoms with van der Waals surface area (Å²) in [4.78, 5) is 24.0. The fourth-order valence-electron chi connectivity index (χ4n) is 1.21. The topological polar surface area (TPSA) is 105 Å². The standard InChI is InChI=1S/C9H13N3O4S/c13-8(14)4-2-1-3-5-10-9-11-6-7(17-9)12(15)16/h6H,1-5H2,(H,10,11)(H,13,14). The number of hydrogen-bond donors (Lipinski definition) is 2. The van der Waals surface area contributed by atoms with E-state index in [1.807, 2.05) is 0 Å². The molecule has 0 radical (unpaired) electrons. The Labute approximate surface area is 102 Å². The second-order valence-electron chi connectivity index (χ2n) is 3.39. The van der Waals surface area contributed by atoms with Crippen LogP contribution in [0.5, 0.6) is 0 Å². The van der Waals surface area contributed by atoms with E-state index in [0.29, 0.717) is 18.1 Å². The van der Waals surface area contributed by atoms with Crippen LogP contribution in [0.15, 0.2) is 6.20 Å². The quantitative estimate of drug-likeness (QED) is 0.421. The van der Waals surface area contributed by atoms with E-state index in [1.165, 1.54) is 6.20 Å². The van der Waals surface area contributed by atoms with Gasteiger partial charge in [0.25, 0.3) is 0 Å². The highest BCUT2D eigenvalue weighted by molar-refractivity contribution is 7.18. The van der Waals surface area contributed by atoms with Gasteiger partial charge in [-0.05, 0) is 24.2 Å². The van der Waals surface area contributed by atoms with E-state index in [-0.39, 0.29) is 11.4 Å². The zero-order valence-electron chi connectivity index (χ0n) is 9.09. The Hall–Kier alpha value is -1.70. The minimum absolute atomic E-state index is 0.0124.